The molecule has 1 unspecified atom stereocenters. The number of carbonyl (C=O) groups is 1. The van der Waals surface area contributed by atoms with Crippen LogP contribution in [0.1, 0.15) is 40.0 Å². The molecule has 104 valence electrons. The van der Waals surface area contributed by atoms with Crippen molar-refractivity contribution in [3.63, 3.8) is 0 Å². The highest BCUT2D eigenvalue weighted by molar-refractivity contribution is 5.76. The molecule has 0 saturated carbocycles. The van der Waals surface area contributed by atoms with Gasteiger partial charge in [0.25, 0.3) is 0 Å². The Bertz CT molecular complexity index is 295. The number of hydrogen-bond donors (Lipinski definition) is 1. The van der Waals surface area contributed by atoms with Crippen molar-refractivity contribution in [2.45, 2.75) is 51.6 Å². The fourth-order valence-electron chi connectivity index (χ4n) is 3.30. The molecule has 2 saturated heterocycles. The summed E-state index contributed by atoms with van der Waals surface area (Å²) in [5.74, 6) is 0.334. The van der Waals surface area contributed by atoms with Gasteiger partial charge in [-0.25, -0.2) is 0 Å². The topological polar surface area (TPSA) is 35.6 Å². The predicted molar refractivity (Wildman–Crippen MR) is 73.5 cm³/mol. The zero-order chi connectivity index (χ0) is 13.2. The Balaban J connectivity index is 1.85. The molecule has 2 fully saturated rings. The molecule has 2 heterocycles. The minimum Gasteiger partial charge on any atom is -0.340 e. The van der Waals surface area contributed by atoms with Crippen molar-refractivity contribution in [1.29, 1.82) is 0 Å². The van der Waals surface area contributed by atoms with Crippen LogP contribution in [0.4, 0.5) is 0 Å². The quantitative estimate of drug-likeness (QED) is 0.817. The number of nitrogens with zero attached hydrogens (tertiary/aromatic N) is 2. The summed E-state index contributed by atoms with van der Waals surface area (Å²) in [5, 5.41) is 3.58. The maximum atomic E-state index is 11.8. The molecule has 2 aliphatic rings. The SMILES string of the molecule is CCCC(=O)N1CCN(C2CCNC2(C)C)CC1. The maximum absolute atomic E-state index is 11.8. The molecule has 0 aromatic heterocycles. The highest BCUT2D eigenvalue weighted by Gasteiger charge is 2.39. The molecule has 0 bridgehead atoms. The summed E-state index contributed by atoms with van der Waals surface area (Å²) in [6, 6.07) is 0.626. The predicted octanol–water partition coefficient (Wildman–Crippen LogP) is 1.07. The van der Waals surface area contributed by atoms with Gasteiger partial charge in [-0.3, -0.25) is 9.69 Å². The minimum atomic E-state index is 0.218. The number of hydrogen-bond acceptors (Lipinski definition) is 3. The van der Waals surface area contributed by atoms with Crippen LogP contribution >= 0.6 is 0 Å². The van der Waals surface area contributed by atoms with Crippen molar-refractivity contribution in [3.8, 4) is 0 Å². The van der Waals surface area contributed by atoms with Crippen molar-refractivity contribution < 1.29 is 4.79 Å². The number of amides is 1. The normalized spacial score (nSPS) is 28.6. The number of carbonyl (C=O) groups excluding carboxylic acids is 1. The molecular weight excluding hydrogens is 226 g/mol. The lowest BCUT2D eigenvalue weighted by molar-refractivity contribution is -0.133. The van der Waals surface area contributed by atoms with Gasteiger partial charge in [0.1, 0.15) is 0 Å². The van der Waals surface area contributed by atoms with Crippen LogP contribution in [0.5, 0.6) is 0 Å². The summed E-state index contributed by atoms with van der Waals surface area (Å²) in [7, 11) is 0. The van der Waals surface area contributed by atoms with Gasteiger partial charge in [-0.05, 0) is 33.2 Å². The van der Waals surface area contributed by atoms with Crippen LogP contribution < -0.4 is 5.32 Å². The van der Waals surface area contributed by atoms with E-state index < -0.39 is 0 Å². The van der Waals surface area contributed by atoms with Gasteiger partial charge < -0.3 is 10.2 Å². The lowest BCUT2D eigenvalue weighted by Gasteiger charge is -2.42. The second kappa shape index (κ2) is 5.57. The smallest absolute Gasteiger partial charge is 0.222 e. The van der Waals surface area contributed by atoms with E-state index in [1.165, 1.54) is 6.42 Å². The minimum absolute atomic E-state index is 0.218. The zero-order valence-corrected chi connectivity index (χ0v) is 12.0. The highest BCUT2D eigenvalue weighted by Crippen LogP contribution is 2.25. The highest BCUT2D eigenvalue weighted by atomic mass is 16.2. The molecule has 0 aromatic carbocycles. The molecule has 4 nitrogen and oxygen atoms in total. The van der Waals surface area contributed by atoms with Gasteiger partial charge in [0, 0.05) is 44.2 Å². The summed E-state index contributed by atoms with van der Waals surface area (Å²) in [4.78, 5) is 16.5. The molecule has 0 radical (unpaired) electrons. The van der Waals surface area contributed by atoms with Crippen LogP contribution in [0.15, 0.2) is 0 Å². The summed E-state index contributed by atoms with van der Waals surface area (Å²) in [6.45, 7) is 11.7. The van der Waals surface area contributed by atoms with Crippen LogP contribution in [0.25, 0.3) is 0 Å². The number of piperazine rings is 1. The average molecular weight is 253 g/mol. The van der Waals surface area contributed by atoms with Crippen LogP contribution in [0.2, 0.25) is 0 Å². The third-order valence-corrected chi connectivity index (χ3v) is 4.40. The van der Waals surface area contributed by atoms with E-state index in [2.05, 4.69) is 31.0 Å². The first-order valence-electron chi connectivity index (χ1n) is 7.31. The van der Waals surface area contributed by atoms with Crippen molar-refractivity contribution in [1.82, 2.24) is 15.1 Å². The van der Waals surface area contributed by atoms with Crippen LogP contribution in [0.3, 0.4) is 0 Å². The average Bonchev–Trinajstić information content (AvgIpc) is 2.69. The lowest BCUT2D eigenvalue weighted by atomic mass is 9.94. The number of rotatable bonds is 3. The van der Waals surface area contributed by atoms with Gasteiger partial charge in [0.05, 0.1) is 0 Å². The molecule has 2 aliphatic heterocycles. The summed E-state index contributed by atoms with van der Waals surface area (Å²) >= 11 is 0. The fourth-order valence-corrected chi connectivity index (χ4v) is 3.30. The van der Waals surface area contributed by atoms with Gasteiger partial charge in [0.15, 0.2) is 0 Å². The van der Waals surface area contributed by atoms with Crippen LogP contribution in [-0.2, 0) is 4.79 Å². The molecule has 1 N–H and O–H groups in total. The Kier molecular flexibility index (Phi) is 4.28. The monoisotopic (exact) mass is 253 g/mol. The molecule has 2 rings (SSSR count). The summed E-state index contributed by atoms with van der Waals surface area (Å²) in [6.07, 6.45) is 2.89. The maximum Gasteiger partial charge on any atom is 0.222 e. The summed E-state index contributed by atoms with van der Waals surface area (Å²) in [5.41, 5.74) is 0.218. The standard InChI is InChI=1S/C14H27N3O/c1-4-5-13(18)17-10-8-16(9-11-17)12-6-7-15-14(12,2)3/h12,15H,4-11H2,1-3H3. The number of nitrogens with one attached hydrogen (secondary N) is 1. The molecular formula is C14H27N3O. The largest absolute Gasteiger partial charge is 0.340 e. The Morgan fingerprint density at radius 1 is 1.28 bits per heavy atom. The van der Waals surface area contributed by atoms with Gasteiger partial charge in [-0.2, -0.15) is 0 Å². The van der Waals surface area contributed by atoms with E-state index >= 15 is 0 Å². The third kappa shape index (κ3) is 2.86. The van der Waals surface area contributed by atoms with Crippen molar-refractivity contribution in [3.05, 3.63) is 0 Å². The second-order valence-electron chi connectivity index (χ2n) is 6.12. The third-order valence-electron chi connectivity index (χ3n) is 4.40. The Morgan fingerprint density at radius 3 is 2.44 bits per heavy atom. The molecule has 1 amide bonds. The van der Waals surface area contributed by atoms with Gasteiger partial charge in [-0.1, -0.05) is 6.92 Å². The van der Waals surface area contributed by atoms with E-state index in [-0.39, 0.29) is 5.54 Å². The Morgan fingerprint density at radius 2 is 1.94 bits per heavy atom. The van der Waals surface area contributed by atoms with Gasteiger partial charge in [-0.15, -0.1) is 0 Å². The first kappa shape index (κ1) is 13.8. The van der Waals surface area contributed by atoms with Crippen molar-refractivity contribution in [2.75, 3.05) is 32.7 Å². The summed E-state index contributed by atoms with van der Waals surface area (Å²) < 4.78 is 0. The van der Waals surface area contributed by atoms with Crippen LogP contribution in [0, 0.1) is 0 Å². The lowest BCUT2D eigenvalue weighted by Crippen LogP contribution is -2.57. The van der Waals surface area contributed by atoms with Gasteiger partial charge in [0.2, 0.25) is 5.91 Å². The zero-order valence-electron chi connectivity index (χ0n) is 12.0. The molecule has 0 aromatic rings. The second-order valence-corrected chi connectivity index (χ2v) is 6.12. The molecule has 0 aliphatic carbocycles. The fraction of sp³-hybridized carbons (Fsp3) is 0.929. The van der Waals surface area contributed by atoms with E-state index in [9.17, 15) is 4.79 Å². The first-order valence-corrected chi connectivity index (χ1v) is 7.31. The van der Waals surface area contributed by atoms with Crippen molar-refractivity contribution >= 4 is 5.91 Å². The van der Waals surface area contributed by atoms with E-state index in [1.54, 1.807) is 0 Å². The molecule has 18 heavy (non-hydrogen) atoms. The van der Waals surface area contributed by atoms with E-state index in [4.69, 9.17) is 0 Å². The first-order chi connectivity index (χ1) is 8.54. The van der Waals surface area contributed by atoms with Crippen LogP contribution in [-0.4, -0.2) is 60.0 Å². The van der Waals surface area contributed by atoms with Gasteiger partial charge >= 0.3 is 0 Å². The molecule has 4 heteroatoms. The van der Waals surface area contributed by atoms with E-state index in [1.807, 2.05) is 4.90 Å². The Hall–Kier alpha value is -0.610. The van der Waals surface area contributed by atoms with E-state index in [0.717, 1.165) is 39.1 Å². The van der Waals surface area contributed by atoms with E-state index in [0.29, 0.717) is 18.4 Å². The van der Waals surface area contributed by atoms with Crippen molar-refractivity contribution in [2.24, 2.45) is 0 Å². The molecule has 1 atom stereocenters. The Labute approximate surface area is 111 Å². The molecule has 0 spiro atoms.